The van der Waals surface area contributed by atoms with Gasteiger partial charge < -0.3 is 20.1 Å². The molecule has 0 radical (unpaired) electrons. The summed E-state index contributed by atoms with van der Waals surface area (Å²) in [4.78, 5) is 22.1. The number of fused-ring (bicyclic) bond motifs is 1. The van der Waals surface area contributed by atoms with E-state index >= 15 is 0 Å². The molecule has 4 rings (SSSR count). The molecule has 12 heteroatoms. The molecular formula is C27H28F4N4O3S. The van der Waals surface area contributed by atoms with Gasteiger partial charge in [-0.15, -0.1) is 11.8 Å². The fourth-order valence-electron chi connectivity index (χ4n) is 4.24. The van der Waals surface area contributed by atoms with Crippen molar-refractivity contribution < 1.29 is 32.2 Å². The molecule has 1 amide bonds. The van der Waals surface area contributed by atoms with Crippen LogP contribution < -0.4 is 10.2 Å². The average Bonchev–Trinajstić information content (AvgIpc) is 2.89. The van der Waals surface area contributed by atoms with Gasteiger partial charge in [0.1, 0.15) is 5.69 Å². The SMILES string of the molecule is CSCOCCN1CC(F)(F)[C@@H](O)c2ncc(-c3cc(NC(=O)c4ccnc(C(C)(F)F)c4)ccc3C)cc21. The molecule has 0 spiro atoms. The average molecular weight is 565 g/mol. The van der Waals surface area contributed by atoms with Crippen molar-refractivity contribution >= 4 is 29.0 Å². The minimum atomic E-state index is -3.38. The number of pyridine rings is 2. The van der Waals surface area contributed by atoms with E-state index in [1.54, 1.807) is 24.3 Å². The summed E-state index contributed by atoms with van der Waals surface area (Å²) in [5, 5.41) is 13.0. The van der Waals surface area contributed by atoms with Gasteiger partial charge in [0.05, 0.1) is 30.5 Å². The quantitative estimate of drug-likeness (QED) is 0.198. The van der Waals surface area contributed by atoms with E-state index in [1.165, 1.54) is 28.9 Å². The molecule has 2 N–H and O–H groups in total. The molecule has 3 aromatic rings. The summed E-state index contributed by atoms with van der Waals surface area (Å²) in [5.74, 6) is -6.74. The van der Waals surface area contributed by atoms with Crippen molar-refractivity contribution in [3.63, 3.8) is 0 Å². The molecule has 3 heterocycles. The predicted molar refractivity (Wildman–Crippen MR) is 143 cm³/mol. The normalized spacial score (nSPS) is 16.6. The Hall–Kier alpha value is -3.22. The first-order valence-corrected chi connectivity index (χ1v) is 13.4. The number of benzene rings is 1. The van der Waals surface area contributed by atoms with Crippen molar-refractivity contribution in [1.29, 1.82) is 0 Å². The molecule has 1 aromatic carbocycles. The largest absolute Gasteiger partial charge is 0.380 e. The van der Waals surface area contributed by atoms with Gasteiger partial charge in [-0.1, -0.05) is 6.07 Å². The number of aromatic nitrogens is 2. The molecule has 7 nitrogen and oxygen atoms in total. The van der Waals surface area contributed by atoms with Gasteiger partial charge in [-0.05, 0) is 54.6 Å². The molecule has 0 fully saturated rings. The number of hydrogen-bond acceptors (Lipinski definition) is 7. The van der Waals surface area contributed by atoms with Crippen molar-refractivity contribution in [2.45, 2.75) is 31.8 Å². The number of aryl methyl sites for hydroxylation is 1. The van der Waals surface area contributed by atoms with Crippen LogP contribution in [0.3, 0.4) is 0 Å². The van der Waals surface area contributed by atoms with Crippen molar-refractivity contribution in [2.24, 2.45) is 0 Å². The number of carbonyl (C=O) groups excluding carboxylic acids is 1. The fraction of sp³-hybridized carbons (Fsp3) is 0.370. The van der Waals surface area contributed by atoms with Gasteiger partial charge in [0.25, 0.3) is 17.8 Å². The summed E-state index contributed by atoms with van der Waals surface area (Å²) in [6.07, 6.45) is 2.38. The molecule has 1 aliphatic heterocycles. The Morgan fingerprint density at radius 3 is 2.74 bits per heavy atom. The number of alkyl halides is 4. The van der Waals surface area contributed by atoms with Crippen molar-refractivity contribution in [1.82, 2.24) is 9.97 Å². The lowest BCUT2D eigenvalue weighted by Crippen LogP contribution is -2.47. The maximum atomic E-state index is 14.5. The summed E-state index contributed by atoms with van der Waals surface area (Å²) in [6.45, 7) is 2.26. The Kier molecular flexibility index (Phi) is 8.48. The lowest BCUT2D eigenvalue weighted by atomic mass is 9.96. The van der Waals surface area contributed by atoms with Crippen LogP contribution in [0, 0.1) is 6.92 Å². The highest BCUT2D eigenvalue weighted by Crippen LogP contribution is 2.43. The number of amides is 1. The number of anilines is 2. The first-order valence-electron chi connectivity index (χ1n) is 12.0. The number of carbonyl (C=O) groups is 1. The van der Waals surface area contributed by atoms with Gasteiger partial charge in [0, 0.05) is 42.7 Å². The number of nitrogens with zero attached hydrogens (tertiary/aromatic N) is 3. The molecular weight excluding hydrogens is 536 g/mol. The molecule has 0 unspecified atom stereocenters. The molecule has 208 valence electrons. The zero-order chi connectivity index (χ0) is 28.4. The zero-order valence-electron chi connectivity index (χ0n) is 21.6. The molecule has 39 heavy (non-hydrogen) atoms. The standard InChI is InChI=1S/C27H28F4N4O3S/c1-16-4-5-19(34-25(37)17-6-7-32-22(11-17)26(2,28)29)12-20(16)18-10-21-23(33-13-18)24(36)27(30,31)14-35(21)8-9-38-15-39-3/h4-7,10-13,24,36H,8-9,14-15H2,1-3H3,(H,34,37)/t24-/m0/s1. The number of aliphatic hydroxyl groups is 1. The van der Waals surface area contributed by atoms with Crippen LogP contribution in [0.2, 0.25) is 0 Å². The van der Waals surface area contributed by atoms with Crippen LogP contribution in [0.15, 0.2) is 48.8 Å². The van der Waals surface area contributed by atoms with E-state index in [2.05, 4.69) is 15.3 Å². The highest BCUT2D eigenvalue weighted by molar-refractivity contribution is 7.98. The van der Waals surface area contributed by atoms with E-state index in [-0.39, 0.29) is 24.4 Å². The minimum Gasteiger partial charge on any atom is -0.380 e. The third kappa shape index (κ3) is 6.51. The lowest BCUT2D eigenvalue weighted by molar-refractivity contribution is -0.110. The number of nitrogens with one attached hydrogen (secondary N) is 1. The van der Waals surface area contributed by atoms with Crippen molar-refractivity contribution in [3.05, 3.63) is 71.3 Å². The first-order chi connectivity index (χ1) is 18.4. The number of aliphatic hydroxyl groups excluding tert-OH is 1. The maximum Gasteiger partial charge on any atom is 0.296 e. The van der Waals surface area contributed by atoms with E-state index in [0.29, 0.717) is 35.4 Å². The summed E-state index contributed by atoms with van der Waals surface area (Å²) in [5.41, 5.74) is 2.23. The third-order valence-electron chi connectivity index (χ3n) is 6.28. The summed E-state index contributed by atoms with van der Waals surface area (Å²) in [6, 6.07) is 9.18. The second-order valence-electron chi connectivity index (χ2n) is 9.33. The molecule has 0 saturated carbocycles. The number of hydrogen-bond donors (Lipinski definition) is 2. The van der Waals surface area contributed by atoms with Crippen molar-refractivity contribution in [3.8, 4) is 11.1 Å². The number of halogens is 4. The molecule has 1 atom stereocenters. The molecule has 1 aliphatic rings. The number of ether oxygens (including phenoxy) is 1. The Morgan fingerprint density at radius 1 is 1.26 bits per heavy atom. The van der Waals surface area contributed by atoms with Crippen molar-refractivity contribution in [2.75, 3.05) is 42.1 Å². The van der Waals surface area contributed by atoms with Crippen LogP contribution in [0.5, 0.6) is 0 Å². The van der Waals surface area contributed by atoms with Gasteiger partial charge in [-0.25, -0.2) is 8.78 Å². The maximum absolute atomic E-state index is 14.5. The molecule has 0 saturated heterocycles. The van der Waals surface area contributed by atoms with E-state index < -0.39 is 36.1 Å². The summed E-state index contributed by atoms with van der Waals surface area (Å²) < 4.78 is 61.8. The predicted octanol–water partition coefficient (Wildman–Crippen LogP) is 5.64. The van der Waals surface area contributed by atoms with Gasteiger partial charge in [0.2, 0.25) is 0 Å². The Balaban J connectivity index is 1.63. The highest BCUT2D eigenvalue weighted by atomic mass is 32.2. The van der Waals surface area contributed by atoms with Crippen LogP contribution >= 0.6 is 11.8 Å². The number of thioether (sulfide) groups is 1. The fourth-order valence-corrected chi connectivity index (χ4v) is 4.53. The van der Waals surface area contributed by atoms with E-state index in [4.69, 9.17) is 4.74 Å². The van der Waals surface area contributed by atoms with Gasteiger partial charge in [-0.2, -0.15) is 8.78 Å². The number of rotatable bonds is 9. The highest BCUT2D eigenvalue weighted by Gasteiger charge is 2.47. The topological polar surface area (TPSA) is 87.6 Å². The van der Waals surface area contributed by atoms with Crippen LogP contribution in [0.25, 0.3) is 11.1 Å². The molecule has 0 aliphatic carbocycles. The van der Waals surface area contributed by atoms with Crippen LogP contribution in [0.4, 0.5) is 28.9 Å². The van der Waals surface area contributed by atoms with Crippen LogP contribution in [-0.2, 0) is 10.7 Å². The van der Waals surface area contributed by atoms with E-state index in [1.807, 2.05) is 13.2 Å². The van der Waals surface area contributed by atoms with E-state index in [0.717, 1.165) is 17.8 Å². The molecule has 0 bridgehead atoms. The van der Waals surface area contributed by atoms with Crippen LogP contribution in [0.1, 0.15) is 40.3 Å². The van der Waals surface area contributed by atoms with Gasteiger partial charge in [0.15, 0.2) is 6.10 Å². The summed E-state index contributed by atoms with van der Waals surface area (Å²) >= 11 is 1.47. The monoisotopic (exact) mass is 564 g/mol. The van der Waals surface area contributed by atoms with Crippen LogP contribution in [-0.4, -0.2) is 58.8 Å². The second-order valence-corrected chi connectivity index (χ2v) is 10.1. The third-order valence-corrected chi connectivity index (χ3v) is 6.69. The minimum absolute atomic E-state index is 0.0216. The first kappa shape index (κ1) is 28.8. The Labute approximate surface area is 227 Å². The smallest absolute Gasteiger partial charge is 0.296 e. The lowest BCUT2D eigenvalue weighted by Gasteiger charge is -2.38. The van der Waals surface area contributed by atoms with E-state index in [9.17, 15) is 27.5 Å². The second kappa shape index (κ2) is 11.5. The van der Waals surface area contributed by atoms with Gasteiger partial charge >= 0.3 is 0 Å². The zero-order valence-corrected chi connectivity index (χ0v) is 22.4. The molecule has 2 aromatic heterocycles. The Bertz CT molecular complexity index is 1350. The van der Waals surface area contributed by atoms with Gasteiger partial charge in [-0.3, -0.25) is 14.8 Å². The summed E-state index contributed by atoms with van der Waals surface area (Å²) in [7, 11) is 0. The Morgan fingerprint density at radius 2 is 2.03 bits per heavy atom.